The number of carbonyl (C=O) groups is 1. The summed E-state index contributed by atoms with van der Waals surface area (Å²) < 4.78 is 18.9. The fourth-order valence-electron chi connectivity index (χ4n) is 1.17. The summed E-state index contributed by atoms with van der Waals surface area (Å²) in [6.45, 7) is 2.00. The van der Waals surface area contributed by atoms with Gasteiger partial charge in [0.05, 0.1) is 17.5 Å². The van der Waals surface area contributed by atoms with E-state index in [2.05, 4.69) is 15.9 Å². The summed E-state index contributed by atoms with van der Waals surface area (Å²) in [5.41, 5.74) is 0.338. The zero-order chi connectivity index (χ0) is 11.4. The topological polar surface area (TPSA) is 46.5 Å². The molecule has 0 unspecified atom stereocenters. The highest BCUT2D eigenvalue weighted by atomic mass is 79.9. The molecule has 0 aliphatic carbocycles. The summed E-state index contributed by atoms with van der Waals surface area (Å²) in [5, 5.41) is 8.63. The van der Waals surface area contributed by atoms with E-state index in [0.717, 1.165) is 0 Å². The van der Waals surface area contributed by atoms with E-state index in [1.54, 1.807) is 6.92 Å². The maximum absolute atomic E-state index is 13.5. The molecule has 0 aromatic heterocycles. The van der Waals surface area contributed by atoms with Gasteiger partial charge >= 0.3 is 5.97 Å². The quantitative estimate of drug-likeness (QED) is 0.920. The molecule has 1 aromatic carbocycles. The van der Waals surface area contributed by atoms with Crippen LogP contribution < -0.4 is 4.74 Å². The lowest BCUT2D eigenvalue weighted by molar-refractivity contribution is -0.136. The Morgan fingerprint density at radius 1 is 1.60 bits per heavy atom. The van der Waals surface area contributed by atoms with E-state index >= 15 is 0 Å². The molecule has 0 atom stereocenters. The maximum Gasteiger partial charge on any atom is 0.307 e. The predicted octanol–water partition coefficient (Wildman–Crippen LogP) is 2.61. The second-order valence-corrected chi connectivity index (χ2v) is 3.71. The van der Waals surface area contributed by atoms with Gasteiger partial charge in [-0.15, -0.1) is 0 Å². The van der Waals surface area contributed by atoms with Crippen LogP contribution in [0.5, 0.6) is 5.75 Å². The summed E-state index contributed by atoms with van der Waals surface area (Å²) in [7, 11) is 0. The summed E-state index contributed by atoms with van der Waals surface area (Å²) >= 11 is 3.01. The van der Waals surface area contributed by atoms with Crippen molar-refractivity contribution in [3.63, 3.8) is 0 Å². The molecule has 0 bridgehead atoms. The van der Waals surface area contributed by atoms with Crippen LogP contribution in [0.1, 0.15) is 12.5 Å². The highest BCUT2D eigenvalue weighted by Crippen LogP contribution is 2.29. The van der Waals surface area contributed by atoms with E-state index in [0.29, 0.717) is 12.2 Å². The van der Waals surface area contributed by atoms with E-state index in [1.165, 1.54) is 12.1 Å². The summed E-state index contributed by atoms with van der Waals surface area (Å²) in [4.78, 5) is 10.5. The van der Waals surface area contributed by atoms with Crippen LogP contribution in [0.15, 0.2) is 16.6 Å². The molecule has 5 heteroatoms. The molecule has 3 nitrogen and oxygen atoms in total. The standard InChI is InChI=1S/C10H10BrFO3/c1-2-15-10-6(5-8(13)14)3-4-7(11)9(10)12/h3-4H,2,5H2,1H3,(H,13,14). The van der Waals surface area contributed by atoms with Crippen molar-refractivity contribution in [3.05, 3.63) is 28.0 Å². The normalized spacial score (nSPS) is 10.1. The second-order valence-electron chi connectivity index (χ2n) is 2.85. The summed E-state index contributed by atoms with van der Waals surface area (Å²) in [6, 6.07) is 3.00. The Hall–Kier alpha value is -1.10. The number of carboxylic acids is 1. The maximum atomic E-state index is 13.5. The SMILES string of the molecule is CCOc1c(CC(=O)O)ccc(Br)c1F. The van der Waals surface area contributed by atoms with Gasteiger partial charge in [0.1, 0.15) is 0 Å². The lowest BCUT2D eigenvalue weighted by Gasteiger charge is -2.10. The van der Waals surface area contributed by atoms with Crippen LogP contribution >= 0.6 is 15.9 Å². The number of rotatable bonds is 4. The Morgan fingerprint density at radius 3 is 2.80 bits per heavy atom. The van der Waals surface area contributed by atoms with Gasteiger partial charge in [-0.25, -0.2) is 4.39 Å². The number of hydrogen-bond donors (Lipinski definition) is 1. The molecule has 15 heavy (non-hydrogen) atoms. The van der Waals surface area contributed by atoms with Crippen molar-refractivity contribution in [3.8, 4) is 5.75 Å². The molecule has 0 aliphatic rings. The molecule has 1 rings (SSSR count). The molecule has 0 fully saturated rings. The van der Waals surface area contributed by atoms with Crippen molar-refractivity contribution >= 4 is 21.9 Å². The van der Waals surface area contributed by atoms with Gasteiger partial charge in [0.15, 0.2) is 11.6 Å². The molecule has 0 heterocycles. The van der Waals surface area contributed by atoms with E-state index in [4.69, 9.17) is 9.84 Å². The van der Waals surface area contributed by atoms with Crippen molar-refractivity contribution in [2.45, 2.75) is 13.3 Å². The largest absolute Gasteiger partial charge is 0.490 e. The zero-order valence-corrected chi connectivity index (χ0v) is 9.67. The molecule has 0 radical (unpaired) electrons. The van der Waals surface area contributed by atoms with Gasteiger partial charge in [-0.3, -0.25) is 4.79 Å². The van der Waals surface area contributed by atoms with Crippen LogP contribution in [0, 0.1) is 5.82 Å². The number of aliphatic carboxylic acids is 1. The van der Waals surface area contributed by atoms with Crippen LogP contribution in [0.4, 0.5) is 4.39 Å². The highest BCUT2D eigenvalue weighted by molar-refractivity contribution is 9.10. The van der Waals surface area contributed by atoms with Crippen LogP contribution in [-0.2, 0) is 11.2 Å². The molecule has 82 valence electrons. The Morgan fingerprint density at radius 2 is 2.27 bits per heavy atom. The van der Waals surface area contributed by atoms with Gasteiger partial charge in [-0.05, 0) is 28.9 Å². The van der Waals surface area contributed by atoms with Gasteiger partial charge in [0.25, 0.3) is 0 Å². The van der Waals surface area contributed by atoms with E-state index in [9.17, 15) is 9.18 Å². The zero-order valence-electron chi connectivity index (χ0n) is 8.09. The minimum absolute atomic E-state index is 0.00859. The van der Waals surface area contributed by atoms with E-state index in [-0.39, 0.29) is 16.6 Å². The molecule has 0 saturated carbocycles. The molecule has 1 N–H and O–H groups in total. The van der Waals surface area contributed by atoms with Crippen molar-refractivity contribution < 1.29 is 19.0 Å². The fourth-order valence-corrected chi connectivity index (χ4v) is 1.49. The summed E-state index contributed by atoms with van der Waals surface area (Å²) in [5.74, 6) is -1.57. The van der Waals surface area contributed by atoms with Gasteiger partial charge in [0, 0.05) is 5.56 Å². The summed E-state index contributed by atoms with van der Waals surface area (Å²) in [6.07, 6.45) is -0.250. The van der Waals surface area contributed by atoms with Crippen LogP contribution in [-0.4, -0.2) is 17.7 Å². The number of halogens is 2. The lowest BCUT2D eigenvalue weighted by atomic mass is 10.1. The van der Waals surface area contributed by atoms with Crippen molar-refractivity contribution in [1.29, 1.82) is 0 Å². The number of hydrogen-bond acceptors (Lipinski definition) is 2. The van der Waals surface area contributed by atoms with E-state index < -0.39 is 11.8 Å². The Kier molecular flexibility index (Phi) is 4.08. The third-order valence-corrected chi connectivity index (χ3v) is 2.37. The smallest absolute Gasteiger partial charge is 0.307 e. The highest BCUT2D eigenvalue weighted by Gasteiger charge is 2.15. The fraction of sp³-hybridized carbons (Fsp3) is 0.300. The van der Waals surface area contributed by atoms with Crippen molar-refractivity contribution in [2.75, 3.05) is 6.61 Å². The molecule has 1 aromatic rings. The van der Waals surface area contributed by atoms with Gasteiger partial charge in [0.2, 0.25) is 0 Å². The van der Waals surface area contributed by atoms with Crippen molar-refractivity contribution in [2.24, 2.45) is 0 Å². The molecular formula is C10H10BrFO3. The first kappa shape index (κ1) is 12.0. The van der Waals surface area contributed by atoms with E-state index in [1.807, 2.05) is 0 Å². The van der Waals surface area contributed by atoms with Crippen LogP contribution in [0.25, 0.3) is 0 Å². The van der Waals surface area contributed by atoms with Gasteiger partial charge < -0.3 is 9.84 Å². The predicted molar refractivity (Wildman–Crippen MR) is 56.6 cm³/mol. The van der Waals surface area contributed by atoms with Gasteiger partial charge in [-0.1, -0.05) is 6.07 Å². The van der Waals surface area contributed by atoms with Crippen LogP contribution in [0.3, 0.4) is 0 Å². The third kappa shape index (κ3) is 2.92. The second kappa shape index (κ2) is 5.11. The number of benzene rings is 1. The minimum Gasteiger partial charge on any atom is -0.490 e. The van der Waals surface area contributed by atoms with Crippen molar-refractivity contribution in [1.82, 2.24) is 0 Å². The monoisotopic (exact) mass is 276 g/mol. The lowest BCUT2D eigenvalue weighted by Crippen LogP contribution is -2.05. The Bertz CT molecular complexity index is 379. The average Bonchev–Trinajstić information content (AvgIpc) is 2.17. The Balaban J connectivity index is 3.14. The molecular weight excluding hydrogens is 267 g/mol. The number of carboxylic acid groups (broad SMARTS) is 1. The molecule has 0 spiro atoms. The van der Waals surface area contributed by atoms with Gasteiger partial charge in [-0.2, -0.15) is 0 Å². The first-order chi connectivity index (χ1) is 7.06. The molecule has 0 amide bonds. The molecule has 0 aliphatic heterocycles. The third-order valence-electron chi connectivity index (χ3n) is 1.76. The first-order valence-electron chi connectivity index (χ1n) is 4.37. The Labute approximate surface area is 95.0 Å². The molecule has 0 saturated heterocycles. The van der Waals surface area contributed by atoms with Crippen LogP contribution in [0.2, 0.25) is 0 Å². The minimum atomic E-state index is -1.02. The number of ether oxygens (including phenoxy) is 1. The first-order valence-corrected chi connectivity index (χ1v) is 5.17. The average molecular weight is 277 g/mol.